The van der Waals surface area contributed by atoms with E-state index >= 15 is 0 Å². The maximum Gasteiger partial charge on any atom is 0.101 e. The zero-order valence-corrected chi connectivity index (χ0v) is 10.1. The van der Waals surface area contributed by atoms with Crippen molar-refractivity contribution >= 4 is 11.3 Å². The Morgan fingerprint density at radius 3 is 2.93 bits per heavy atom. The van der Waals surface area contributed by atoms with Gasteiger partial charge in [0.15, 0.2) is 0 Å². The lowest BCUT2D eigenvalue weighted by Crippen LogP contribution is -2.25. The van der Waals surface area contributed by atoms with E-state index in [2.05, 4.69) is 5.32 Å². The van der Waals surface area contributed by atoms with Gasteiger partial charge in [-0.05, 0) is 25.3 Å². The Morgan fingerprint density at radius 1 is 1.53 bits per heavy atom. The van der Waals surface area contributed by atoms with Crippen LogP contribution in [0.5, 0.6) is 0 Å². The number of hydrogen-bond acceptors (Lipinski definition) is 4. The van der Waals surface area contributed by atoms with Crippen molar-refractivity contribution in [1.29, 1.82) is 0 Å². The highest BCUT2D eigenvalue weighted by atomic mass is 32.1. The molecular weight excluding hydrogens is 210 g/mol. The number of thiophene rings is 1. The Hall–Kier alpha value is -0.420. The zero-order chi connectivity index (χ0) is 11.1. The molecule has 86 valence electrons. The lowest BCUT2D eigenvalue weighted by Gasteiger charge is -2.11. The van der Waals surface area contributed by atoms with Crippen LogP contribution in [0, 0.1) is 0 Å². The van der Waals surface area contributed by atoms with Gasteiger partial charge in [-0.1, -0.05) is 6.07 Å². The number of rotatable bonds is 7. The summed E-state index contributed by atoms with van der Waals surface area (Å²) in [7, 11) is 0. The van der Waals surface area contributed by atoms with Gasteiger partial charge in [0, 0.05) is 18.0 Å². The van der Waals surface area contributed by atoms with Crippen LogP contribution in [0.25, 0.3) is 0 Å². The van der Waals surface area contributed by atoms with Crippen LogP contribution in [0.4, 0.5) is 0 Å². The van der Waals surface area contributed by atoms with E-state index < -0.39 is 6.10 Å². The third-order valence-corrected chi connectivity index (χ3v) is 2.91. The van der Waals surface area contributed by atoms with Crippen molar-refractivity contribution in [3.05, 3.63) is 22.4 Å². The summed E-state index contributed by atoms with van der Waals surface area (Å²) in [5.74, 6) is 0. The number of ether oxygens (including phenoxy) is 1. The Kier molecular flexibility index (Phi) is 5.86. The van der Waals surface area contributed by atoms with E-state index in [1.54, 1.807) is 11.3 Å². The largest absolute Gasteiger partial charge is 0.386 e. The van der Waals surface area contributed by atoms with Crippen molar-refractivity contribution in [3.63, 3.8) is 0 Å². The molecule has 2 N–H and O–H groups in total. The van der Waals surface area contributed by atoms with Crippen LogP contribution >= 0.6 is 11.3 Å². The molecule has 1 aromatic rings. The smallest absolute Gasteiger partial charge is 0.101 e. The number of aliphatic hydroxyl groups excluding tert-OH is 1. The van der Waals surface area contributed by atoms with Crippen molar-refractivity contribution in [2.75, 3.05) is 19.7 Å². The predicted molar refractivity (Wildman–Crippen MR) is 63.2 cm³/mol. The first-order chi connectivity index (χ1) is 7.20. The normalized spacial score (nSPS) is 13.3. The quantitative estimate of drug-likeness (QED) is 0.701. The average Bonchev–Trinajstić information content (AvgIpc) is 2.69. The minimum Gasteiger partial charge on any atom is -0.386 e. The van der Waals surface area contributed by atoms with Gasteiger partial charge in [-0.15, -0.1) is 11.3 Å². The van der Waals surface area contributed by atoms with Crippen molar-refractivity contribution in [1.82, 2.24) is 5.32 Å². The monoisotopic (exact) mass is 229 g/mol. The highest BCUT2D eigenvalue weighted by Crippen LogP contribution is 2.17. The molecule has 1 atom stereocenters. The van der Waals surface area contributed by atoms with E-state index in [-0.39, 0.29) is 6.10 Å². The molecule has 0 aliphatic rings. The van der Waals surface area contributed by atoms with Crippen LogP contribution in [-0.2, 0) is 4.74 Å². The lowest BCUT2D eigenvalue weighted by molar-refractivity contribution is 0.0782. The average molecular weight is 229 g/mol. The van der Waals surface area contributed by atoms with Gasteiger partial charge < -0.3 is 15.2 Å². The summed E-state index contributed by atoms with van der Waals surface area (Å²) in [5.41, 5.74) is 0. The third-order valence-electron chi connectivity index (χ3n) is 1.94. The number of nitrogens with one attached hydrogen (secondary N) is 1. The fourth-order valence-corrected chi connectivity index (χ4v) is 1.90. The van der Waals surface area contributed by atoms with Gasteiger partial charge in [0.2, 0.25) is 0 Å². The highest BCUT2D eigenvalue weighted by molar-refractivity contribution is 7.10. The Balaban J connectivity index is 2.05. The first-order valence-electron chi connectivity index (χ1n) is 5.24. The molecule has 0 aliphatic carbocycles. The summed E-state index contributed by atoms with van der Waals surface area (Å²) in [6.45, 7) is 6.08. The number of aliphatic hydroxyl groups is 1. The van der Waals surface area contributed by atoms with Crippen LogP contribution in [0.2, 0.25) is 0 Å². The van der Waals surface area contributed by atoms with Crippen molar-refractivity contribution < 1.29 is 9.84 Å². The summed E-state index contributed by atoms with van der Waals surface area (Å²) >= 11 is 1.58. The Bertz CT molecular complexity index is 249. The molecule has 0 saturated carbocycles. The molecule has 0 fully saturated rings. The molecule has 1 aromatic heterocycles. The van der Waals surface area contributed by atoms with Crippen LogP contribution < -0.4 is 5.32 Å². The van der Waals surface area contributed by atoms with E-state index in [9.17, 15) is 5.11 Å². The van der Waals surface area contributed by atoms with E-state index in [1.807, 2.05) is 31.4 Å². The second-order valence-corrected chi connectivity index (χ2v) is 4.63. The third kappa shape index (κ3) is 5.28. The highest BCUT2D eigenvalue weighted by Gasteiger charge is 2.06. The molecule has 1 unspecified atom stereocenters. The Morgan fingerprint density at radius 2 is 2.33 bits per heavy atom. The summed E-state index contributed by atoms with van der Waals surface area (Å²) in [6, 6.07) is 3.90. The second kappa shape index (κ2) is 6.95. The molecule has 1 heterocycles. The van der Waals surface area contributed by atoms with Gasteiger partial charge in [-0.3, -0.25) is 0 Å². The van der Waals surface area contributed by atoms with Gasteiger partial charge in [0.25, 0.3) is 0 Å². The van der Waals surface area contributed by atoms with Crippen LogP contribution in [0.15, 0.2) is 17.5 Å². The molecule has 4 heteroatoms. The maximum atomic E-state index is 9.73. The number of hydrogen-bond donors (Lipinski definition) is 2. The van der Waals surface area contributed by atoms with Crippen LogP contribution in [0.3, 0.4) is 0 Å². The minimum absolute atomic E-state index is 0.272. The van der Waals surface area contributed by atoms with Crippen molar-refractivity contribution in [2.24, 2.45) is 0 Å². The molecule has 15 heavy (non-hydrogen) atoms. The van der Waals surface area contributed by atoms with E-state index in [0.29, 0.717) is 13.2 Å². The molecule has 0 aromatic carbocycles. The molecule has 0 aliphatic heterocycles. The summed E-state index contributed by atoms with van der Waals surface area (Å²) in [4.78, 5) is 1.01. The molecule has 0 spiro atoms. The van der Waals surface area contributed by atoms with Gasteiger partial charge in [-0.25, -0.2) is 0 Å². The maximum absolute atomic E-state index is 9.73. The van der Waals surface area contributed by atoms with Gasteiger partial charge >= 0.3 is 0 Å². The van der Waals surface area contributed by atoms with Crippen molar-refractivity contribution in [3.8, 4) is 0 Å². The zero-order valence-electron chi connectivity index (χ0n) is 9.27. The van der Waals surface area contributed by atoms with Gasteiger partial charge in [0.1, 0.15) is 6.10 Å². The molecule has 0 radical (unpaired) electrons. The van der Waals surface area contributed by atoms with E-state index in [0.717, 1.165) is 11.4 Å². The lowest BCUT2D eigenvalue weighted by atomic mass is 10.3. The predicted octanol–water partition coefficient (Wildman–Crippen LogP) is 1.80. The van der Waals surface area contributed by atoms with Crippen LogP contribution in [0.1, 0.15) is 24.8 Å². The summed E-state index contributed by atoms with van der Waals surface area (Å²) < 4.78 is 5.37. The topological polar surface area (TPSA) is 41.5 Å². The first kappa shape index (κ1) is 12.6. The molecule has 1 rings (SSSR count). The SMILES string of the molecule is CC(C)OCCNCC(O)c1cccs1. The molecule has 0 amide bonds. The van der Waals surface area contributed by atoms with E-state index in [1.165, 1.54) is 0 Å². The molecule has 3 nitrogen and oxygen atoms in total. The second-order valence-electron chi connectivity index (χ2n) is 3.65. The Labute approximate surface area is 95.1 Å². The summed E-state index contributed by atoms with van der Waals surface area (Å²) in [5, 5.41) is 14.9. The molecule has 0 saturated heterocycles. The fraction of sp³-hybridized carbons (Fsp3) is 0.636. The summed E-state index contributed by atoms with van der Waals surface area (Å²) in [6.07, 6.45) is -0.127. The standard InChI is InChI=1S/C11H19NO2S/c1-9(2)14-6-5-12-8-10(13)11-4-3-7-15-11/h3-4,7,9-10,12-13H,5-6,8H2,1-2H3. The van der Waals surface area contributed by atoms with Crippen LogP contribution in [-0.4, -0.2) is 30.9 Å². The van der Waals surface area contributed by atoms with E-state index in [4.69, 9.17) is 4.74 Å². The van der Waals surface area contributed by atoms with Crippen molar-refractivity contribution in [2.45, 2.75) is 26.1 Å². The minimum atomic E-state index is -0.399. The van der Waals surface area contributed by atoms with Gasteiger partial charge in [-0.2, -0.15) is 0 Å². The first-order valence-corrected chi connectivity index (χ1v) is 6.12. The molecule has 0 bridgehead atoms. The van der Waals surface area contributed by atoms with Gasteiger partial charge in [0.05, 0.1) is 12.7 Å². The fourth-order valence-electron chi connectivity index (χ4n) is 1.19. The molecular formula is C11H19NO2S.